The van der Waals surface area contributed by atoms with Crippen molar-refractivity contribution in [2.24, 2.45) is 0 Å². The van der Waals surface area contributed by atoms with Gasteiger partial charge in [0.15, 0.2) is 0 Å². The maximum Gasteiger partial charge on any atom is 0.147 e. The van der Waals surface area contributed by atoms with Crippen LogP contribution in [0, 0.1) is 0 Å². The van der Waals surface area contributed by atoms with Crippen LogP contribution in [0.4, 0.5) is 0 Å². The van der Waals surface area contributed by atoms with Crippen molar-refractivity contribution < 1.29 is 0 Å². The average molecular weight is 409 g/mol. The van der Waals surface area contributed by atoms with Crippen molar-refractivity contribution in [3.8, 4) is 0 Å². The van der Waals surface area contributed by atoms with Crippen LogP contribution >= 0.6 is 46.0 Å². The molecule has 0 heterocycles. The van der Waals surface area contributed by atoms with Crippen LogP contribution in [0.2, 0.25) is 0 Å². The molecule has 6 heteroatoms. The number of hydrogen-bond donors (Lipinski definition) is 0. The third-order valence-corrected chi connectivity index (χ3v) is 7.80. The second-order valence-corrected chi connectivity index (χ2v) is 9.59. The summed E-state index contributed by atoms with van der Waals surface area (Å²) >= 11 is 11.4. The van der Waals surface area contributed by atoms with Crippen LogP contribution in [0.3, 0.4) is 0 Å². The highest BCUT2D eigenvalue weighted by Crippen LogP contribution is 2.30. The average Bonchev–Trinajstić information content (AvgIpc) is 2.59. The van der Waals surface area contributed by atoms with Gasteiger partial charge in [0.05, 0.1) is 0 Å². The lowest BCUT2D eigenvalue weighted by Gasteiger charge is -2.31. The molecule has 24 heavy (non-hydrogen) atoms. The summed E-state index contributed by atoms with van der Waals surface area (Å²) in [5, 5.41) is 0. The predicted molar refractivity (Wildman–Crippen MR) is 123 cm³/mol. The first-order valence-electron chi connectivity index (χ1n) is 9.45. The zero-order valence-electron chi connectivity index (χ0n) is 16.2. The summed E-state index contributed by atoms with van der Waals surface area (Å²) < 4.78 is 1.97. The van der Waals surface area contributed by atoms with Crippen molar-refractivity contribution in [3.05, 3.63) is 0 Å². The predicted octanol–water partition coefficient (Wildman–Crippen LogP) is 6.74. The lowest BCUT2D eigenvalue weighted by atomic mass is 10.2. The molecule has 0 spiro atoms. The van der Waals surface area contributed by atoms with Crippen molar-refractivity contribution in [3.63, 3.8) is 0 Å². The van der Waals surface area contributed by atoms with Crippen molar-refractivity contribution in [1.29, 1.82) is 0 Å². The van der Waals surface area contributed by atoms with Gasteiger partial charge in [-0.2, -0.15) is 0 Å². The molecular formula is C18H36N2S4. The molecule has 142 valence electrons. The SMILES string of the molecule is CCCCN(CCCC)C(=S)SSC(=S)N(CCCC)C(C)CC. The first kappa shape index (κ1) is 24.5. The monoisotopic (exact) mass is 408 g/mol. The van der Waals surface area contributed by atoms with E-state index in [1.165, 1.54) is 38.5 Å². The summed E-state index contributed by atoms with van der Waals surface area (Å²) in [7, 11) is 3.35. The van der Waals surface area contributed by atoms with E-state index in [1.807, 2.05) is 0 Å². The van der Waals surface area contributed by atoms with Gasteiger partial charge in [0.1, 0.15) is 8.64 Å². The van der Waals surface area contributed by atoms with Crippen molar-refractivity contribution in [2.75, 3.05) is 19.6 Å². The van der Waals surface area contributed by atoms with Gasteiger partial charge in [0.2, 0.25) is 0 Å². The van der Waals surface area contributed by atoms with Crippen LogP contribution in [0.5, 0.6) is 0 Å². The first-order chi connectivity index (χ1) is 11.5. The third kappa shape index (κ3) is 10.5. The summed E-state index contributed by atoms with van der Waals surface area (Å²) in [4.78, 5) is 4.74. The Hall–Kier alpha value is 0.480. The van der Waals surface area contributed by atoms with Gasteiger partial charge in [-0.1, -0.05) is 71.4 Å². The fraction of sp³-hybridized carbons (Fsp3) is 0.889. The number of unbranched alkanes of at least 4 members (excludes halogenated alkanes) is 3. The van der Waals surface area contributed by atoms with E-state index in [-0.39, 0.29) is 0 Å². The maximum absolute atomic E-state index is 5.70. The number of thiocarbonyl (C=S) groups is 2. The molecule has 1 unspecified atom stereocenters. The zero-order chi connectivity index (χ0) is 18.4. The second-order valence-electron chi connectivity index (χ2n) is 6.20. The molecule has 0 radical (unpaired) electrons. The van der Waals surface area contributed by atoms with E-state index in [1.54, 1.807) is 21.6 Å². The maximum atomic E-state index is 5.70. The van der Waals surface area contributed by atoms with E-state index in [0.717, 1.165) is 34.7 Å². The van der Waals surface area contributed by atoms with Crippen LogP contribution in [0.1, 0.15) is 79.6 Å². The van der Waals surface area contributed by atoms with Crippen molar-refractivity contribution in [1.82, 2.24) is 9.80 Å². The molecule has 0 aromatic carbocycles. The Bertz CT molecular complexity index is 342. The quantitative estimate of drug-likeness (QED) is 0.274. The summed E-state index contributed by atoms with van der Waals surface area (Å²) in [5.74, 6) is 0. The highest BCUT2D eigenvalue weighted by atomic mass is 33.1. The molecule has 0 N–H and O–H groups in total. The van der Waals surface area contributed by atoms with Crippen LogP contribution in [0.25, 0.3) is 0 Å². The fourth-order valence-corrected chi connectivity index (χ4v) is 5.10. The molecule has 1 atom stereocenters. The highest BCUT2D eigenvalue weighted by Gasteiger charge is 2.18. The highest BCUT2D eigenvalue weighted by molar-refractivity contribution is 8.89. The topological polar surface area (TPSA) is 6.48 Å². The number of hydrogen-bond acceptors (Lipinski definition) is 4. The first-order valence-corrected chi connectivity index (χ1v) is 12.4. The molecule has 0 amide bonds. The van der Waals surface area contributed by atoms with E-state index >= 15 is 0 Å². The van der Waals surface area contributed by atoms with Crippen LogP contribution < -0.4 is 0 Å². The lowest BCUT2D eigenvalue weighted by Crippen LogP contribution is -2.36. The van der Waals surface area contributed by atoms with Crippen molar-refractivity contribution >= 4 is 54.7 Å². The minimum Gasteiger partial charge on any atom is -0.357 e. The molecule has 2 nitrogen and oxygen atoms in total. The number of rotatable bonds is 11. The van der Waals surface area contributed by atoms with Crippen LogP contribution in [0.15, 0.2) is 0 Å². The Kier molecular flexibility index (Phi) is 16.0. The normalized spacial score (nSPS) is 12.0. The van der Waals surface area contributed by atoms with Gasteiger partial charge in [-0.05, 0) is 54.2 Å². The minimum absolute atomic E-state index is 0.502. The van der Waals surface area contributed by atoms with Crippen molar-refractivity contribution in [2.45, 2.75) is 85.6 Å². The summed E-state index contributed by atoms with van der Waals surface area (Å²) in [6.45, 7) is 14.4. The molecule has 0 rings (SSSR count). The molecule has 0 aliphatic carbocycles. The van der Waals surface area contributed by atoms with Gasteiger partial charge in [0.25, 0.3) is 0 Å². The van der Waals surface area contributed by atoms with Gasteiger partial charge < -0.3 is 9.80 Å². The Balaban J connectivity index is 4.55. The van der Waals surface area contributed by atoms with Gasteiger partial charge in [-0.15, -0.1) is 0 Å². The summed E-state index contributed by atoms with van der Waals surface area (Å²) in [6, 6.07) is 0.502. The zero-order valence-corrected chi connectivity index (χ0v) is 19.4. The number of nitrogens with zero attached hydrogens (tertiary/aromatic N) is 2. The Morgan fingerprint density at radius 1 is 0.792 bits per heavy atom. The van der Waals surface area contributed by atoms with Gasteiger partial charge in [-0.25, -0.2) is 0 Å². The van der Waals surface area contributed by atoms with E-state index in [2.05, 4.69) is 44.4 Å². The molecular weight excluding hydrogens is 372 g/mol. The minimum atomic E-state index is 0.502. The molecule has 0 aromatic heterocycles. The molecule has 0 aliphatic heterocycles. The van der Waals surface area contributed by atoms with Crippen LogP contribution in [-0.2, 0) is 0 Å². The smallest absolute Gasteiger partial charge is 0.147 e. The van der Waals surface area contributed by atoms with E-state index < -0.39 is 0 Å². The molecule has 0 aromatic rings. The van der Waals surface area contributed by atoms with E-state index in [0.29, 0.717) is 6.04 Å². The Morgan fingerprint density at radius 3 is 1.71 bits per heavy atom. The van der Waals surface area contributed by atoms with E-state index in [4.69, 9.17) is 24.4 Å². The summed E-state index contributed by atoms with van der Waals surface area (Å²) in [6.07, 6.45) is 8.34. The molecule has 0 fully saturated rings. The van der Waals surface area contributed by atoms with E-state index in [9.17, 15) is 0 Å². The largest absolute Gasteiger partial charge is 0.357 e. The fourth-order valence-electron chi connectivity index (χ4n) is 2.20. The van der Waals surface area contributed by atoms with Crippen LogP contribution in [-0.4, -0.2) is 44.1 Å². The van der Waals surface area contributed by atoms with Gasteiger partial charge >= 0.3 is 0 Å². The molecule has 0 aliphatic rings. The Labute approximate surface area is 169 Å². The Morgan fingerprint density at radius 2 is 1.25 bits per heavy atom. The summed E-state index contributed by atoms with van der Waals surface area (Å²) in [5.41, 5.74) is 0. The second kappa shape index (κ2) is 15.7. The van der Waals surface area contributed by atoms with Gasteiger partial charge in [0, 0.05) is 25.7 Å². The lowest BCUT2D eigenvalue weighted by molar-refractivity contribution is 0.327. The van der Waals surface area contributed by atoms with Gasteiger partial charge in [-0.3, -0.25) is 0 Å². The third-order valence-electron chi connectivity index (χ3n) is 4.12. The standard InChI is InChI=1S/C18H36N2S4/c1-6-10-13-19(14-11-7-2)17(21)23-24-18(22)20(15-12-8-3)16(5)9-4/h16H,6-15H2,1-5H3. The molecule has 0 saturated carbocycles. The molecule has 0 bridgehead atoms. The molecule has 0 saturated heterocycles.